The molecule has 1 fully saturated rings. The zero-order valence-corrected chi connectivity index (χ0v) is 9.76. The van der Waals surface area contributed by atoms with Gasteiger partial charge in [0.25, 0.3) is 0 Å². The van der Waals surface area contributed by atoms with E-state index in [0.29, 0.717) is 11.7 Å². The molecule has 3 rings (SSSR count). The summed E-state index contributed by atoms with van der Waals surface area (Å²) < 4.78 is 7.25. The van der Waals surface area contributed by atoms with Crippen molar-refractivity contribution in [3.8, 4) is 16.9 Å². The number of nitrogens with two attached hydrogens (primary N) is 1. The number of methoxy groups -OCH3 is 1. The van der Waals surface area contributed by atoms with Gasteiger partial charge in [-0.3, -0.25) is 4.68 Å². The van der Waals surface area contributed by atoms with Crippen molar-refractivity contribution in [2.45, 2.75) is 18.9 Å². The fourth-order valence-electron chi connectivity index (χ4n) is 1.93. The first kappa shape index (κ1) is 10.2. The molecule has 2 N–H and O–H groups in total. The average molecular weight is 229 g/mol. The van der Waals surface area contributed by atoms with Gasteiger partial charge in [-0.15, -0.1) is 0 Å². The van der Waals surface area contributed by atoms with Crippen molar-refractivity contribution in [2.24, 2.45) is 0 Å². The van der Waals surface area contributed by atoms with E-state index in [1.54, 1.807) is 7.11 Å². The summed E-state index contributed by atoms with van der Waals surface area (Å²) in [7, 11) is 1.65. The van der Waals surface area contributed by atoms with E-state index in [9.17, 15) is 0 Å². The van der Waals surface area contributed by atoms with Gasteiger partial charge in [0.15, 0.2) is 0 Å². The third-order valence-electron chi connectivity index (χ3n) is 3.02. The Labute approximate surface area is 100 Å². The Bertz CT molecular complexity index is 543. The lowest BCUT2D eigenvalue weighted by Gasteiger charge is -2.04. The minimum atomic E-state index is 0.603. The Balaban J connectivity index is 1.98. The van der Waals surface area contributed by atoms with Gasteiger partial charge < -0.3 is 10.5 Å². The number of anilines is 1. The van der Waals surface area contributed by atoms with Crippen LogP contribution in [0.25, 0.3) is 11.1 Å². The van der Waals surface area contributed by atoms with E-state index < -0.39 is 0 Å². The van der Waals surface area contributed by atoms with Gasteiger partial charge in [-0.1, -0.05) is 0 Å². The van der Waals surface area contributed by atoms with Gasteiger partial charge in [0.2, 0.25) is 0 Å². The maximum atomic E-state index is 5.84. The summed E-state index contributed by atoms with van der Waals surface area (Å²) in [5.41, 5.74) is 8.69. The lowest BCUT2D eigenvalue weighted by Crippen LogP contribution is -1.92. The van der Waals surface area contributed by atoms with Crippen LogP contribution in [0.4, 0.5) is 5.69 Å². The zero-order valence-electron chi connectivity index (χ0n) is 9.76. The highest BCUT2D eigenvalue weighted by Gasteiger charge is 2.24. The molecule has 0 saturated heterocycles. The van der Waals surface area contributed by atoms with Crippen LogP contribution in [0.15, 0.2) is 30.6 Å². The second kappa shape index (κ2) is 3.80. The molecule has 1 aromatic carbocycles. The summed E-state index contributed by atoms with van der Waals surface area (Å²) in [6.07, 6.45) is 6.43. The molecule has 0 radical (unpaired) electrons. The van der Waals surface area contributed by atoms with Crippen LogP contribution in [0.3, 0.4) is 0 Å². The van der Waals surface area contributed by atoms with Crippen LogP contribution >= 0.6 is 0 Å². The number of aromatic nitrogens is 2. The smallest absolute Gasteiger partial charge is 0.121 e. The lowest BCUT2D eigenvalue weighted by atomic mass is 10.1. The minimum Gasteiger partial charge on any atom is -0.497 e. The number of hydrogen-bond donors (Lipinski definition) is 1. The summed E-state index contributed by atoms with van der Waals surface area (Å²) in [5.74, 6) is 0.777. The summed E-state index contributed by atoms with van der Waals surface area (Å²) in [6.45, 7) is 0. The predicted molar refractivity (Wildman–Crippen MR) is 66.9 cm³/mol. The van der Waals surface area contributed by atoms with Crippen molar-refractivity contribution in [3.05, 3.63) is 30.6 Å². The number of ether oxygens (including phenoxy) is 1. The van der Waals surface area contributed by atoms with Gasteiger partial charge in [0.1, 0.15) is 5.75 Å². The molecule has 0 unspecified atom stereocenters. The predicted octanol–water partition coefficient (Wildman–Crippen LogP) is 2.48. The number of hydrogen-bond acceptors (Lipinski definition) is 3. The molecular weight excluding hydrogens is 214 g/mol. The average Bonchev–Trinajstić information content (AvgIpc) is 3.06. The maximum Gasteiger partial charge on any atom is 0.121 e. The van der Waals surface area contributed by atoms with Crippen LogP contribution in [0.1, 0.15) is 18.9 Å². The van der Waals surface area contributed by atoms with Crippen LogP contribution in [0, 0.1) is 0 Å². The van der Waals surface area contributed by atoms with Gasteiger partial charge in [0, 0.05) is 23.5 Å². The molecule has 1 aliphatic rings. The highest BCUT2D eigenvalue weighted by atomic mass is 16.5. The molecule has 1 heterocycles. The second-order valence-electron chi connectivity index (χ2n) is 4.44. The number of nitrogens with zero attached hydrogens (tertiary/aromatic N) is 2. The topological polar surface area (TPSA) is 53.1 Å². The van der Waals surface area contributed by atoms with E-state index in [4.69, 9.17) is 10.5 Å². The molecule has 0 spiro atoms. The van der Waals surface area contributed by atoms with Crippen molar-refractivity contribution in [1.82, 2.24) is 9.78 Å². The molecular formula is C13H15N3O. The molecule has 1 aliphatic carbocycles. The van der Waals surface area contributed by atoms with Crippen LogP contribution in [-0.2, 0) is 0 Å². The zero-order chi connectivity index (χ0) is 11.8. The molecule has 17 heavy (non-hydrogen) atoms. The second-order valence-corrected chi connectivity index (χ2v) is 4.44. The third-order valence-corrected chi connectivity index (χ3v) is 3.02. The highest BCUT2D eigenvalue weighted by Crippen LogP contribution is 2.35. The van der Waals surface area contributed by atoms with E-state index in [1.807, 2.05) is 29.1 Å². The van der Waals surface area contributed by atoms with E-state index in [1.165, 1.54) is 12.8 Å². The van der Waals surface area contributed by atoms with Crippen LogP contribution < -0.4 is 10.5 Å². The van der Waals surface area contributed by atoms with Gasteiger partial charge in [-0.2, -0.15) is 5.10 Å². The maximum absolute atomic E-state index is 5.84. The Hall–Kier alpha value is -1.97. The fraction of sp³-hybridized carbons (Fsp3) is 0.308. The Morgan fingerprint density at radius 1 is 1.29 bits per heavy atom. The van der Waals surface area contributed by atoms with Crippen molar-refractivity contribution in [1.29, 1.82) is 0 Å². The Morgan fingerprint density at radius 3 is 2.82 bits per heavy atom. The van der Waals surface area contributed by atoms with E-state index >= 15 is 0 Å². The molecule has 0 amide bonds. The molecule has 2 aromatic rings. The molecule has 1 saturated carbocycles. The van der Waals surface area contributed by atoms with E-state index in [-0.39, 0.29) is 0 Å². The minimum absolute atomic E-state index is 0.603. The molecule has 0 atom stereocenters. The first-order valence-electron chi connectivity index (χ1n) is 5.75. The summed E-state index contributed by atoms with van der Waals surface area (Å²) in [6, 6.07) is 6.34. The summed E-state index contributed by atoms with van der Waals surface area (Å²) >= 11 is 0. The molecule has 1 aromatic heterocycles. The van der Waals surface area contributed by atoms with Gasteiger partial charge >= 0.3 is 0 Å². The van der Waals surface area contributed by atoms with E-state index in [2.05, 4.69) is 11.3 Å². The number of benzene rings is 1. The molecule has 4 nitrogen and oxygen atoms in total. The quantitative estimate of drug-likeness (QED) is 0.822. The monoisotopic (exact) mass is 229 g/mol. The number of nitrogen functional groups attached to an aromatic ring is 1. The Kier molecular flexibility index (Phi) is 2.28. The normalized spacial score (nSPS) is 14.9. The molecule has 88 valence electrons. The fourth-order valence-corrected chi connectivity index (χ4v) is 1.93. The Morgan fingerprint density at radius 2 is 2.12 bits per heavy atom. The van der Waals surface area contributed by atoms with E-state index in [0.717, 1.165) is 16.9 Å². The standard InChI is InChI=1S/C13H15N3O/c1-17-13-5-9(4-11(14)6-13)10-7-15-16(8-10)12-2-3-12/h4-8,12H,2-3,14H2,1H3. The highest BCUT2D eigenvalue weighted by molar-refractivity contribution is 5.68. The lowest BCUT2D eigenvalue weighted by molar-refractivity contribution is 0.415. The first-order chi connectivity index (χ1) is 8.26. The SMILES string of the molecule is COc1cc(N)cc(-c2cnn(C3CC3)c2)c1. The van der Waals surface area contributed by atoms with Gasteiger partial charge in [-0.25, -0.2) is 0 Å². The van der Waals surface area contributed by atoms with Crippen molar-refractivity contribution < 1.29 is 4.74 Å². The van der Waals surface area contributed by atoms with Crippen LogP contribution in [0.2, 0.25) is 0 Å². The first-order valence-corrected chi connectivity index (χ1v) is 5.75. The summed E-state index contributed by atoms with van der Waals surface area (Å²) in [4.78, 5) is 0. The molecule has 0 aliphatic heterocycles. The van der Waals surface area contributed by atoms with Crippen molar-refractivity contribution >= 4 is 5.69 Å². The third kappa shape index (κ3) is 1.98. The van der Waals surface area contributed by atoms with Crippen LogP contribution in [-0.4, -0.2) is 16.9 Å². The van der Waals surface area contributed by atoms with Gasteiger partial charge in [0.05, 0.1) is 19.3 Å². The van der Waals surface area contributed by atoms with Crippen LogP contribution in [0.5, 0.6) is 5.75 Å². The summed E-state index contributed by atoms with van der Waals surface area (Å²) in [5, 5.41) is 4.37. The number of rotatable bonds is 3. The van der Waals surface area contributed by atoms with Crippen molar-refractivity contribution in [3.63, 3.8) is 0 Å². The molecule has 0 bridgehead atoms. The van der Waals surface area contributed by atoms with Crippen molar-refractivity contribution in [2.75, 3.05) is 12.8 Å². The van der Waals surface area contributed by atoms with Gasteiger partial charge in [-0.05, 0) is 30.5 Å². The molecule has 4 heteroatoms. The largest absolute Gasteiger partial charge is 0.497 e.